The van der Waals surface area contributed by atoms with Gasteiger partial charge in [-0.3, -0.25) is 10.1 Å². The Balaban J connectivity index is 2.81. The molecule has 1 aromatic heterocycles. The van der Waals surface area contributed by atoms with Gasteiger partial charge in [0, 0.05) is 6.20 Å². The number of hydrogen-bond donors (Lipinski definition) is 3. The fourth-order valence-electron chi connectivity index (χ4n) is 1.11. The van der Waals surface area contributed by atoms with Crippen LogP contribution < -0.4 is 15.8 Å². The van der Waals surface area contributed by atoms with Gasteiger partial charge in [-0.2, -0.15) is 0 Å². The van der Waals surface area contributed by atoms with E-state index in [1.807, 2.05) is 5.32 Å². The van der Waals surface area contributed by atoms with Crippen LogP contribution in [-0.4, -0.2) is 34.1 Å². The van der Waals surface area contributed by atoms with Crippen molar-refractivity contribution in [2.24, 2.45) is 5.73 Å². The van der Waals surface area contributed by atoms with Gasteiger partial charge in [0.15, 0.2) is 17.5 Å². The van der Waals surface area contributed by atoms with Crippen LogP contribution in [0.25, 0.3) is 0 Å². The van der Waals surface area contributed by atoms with E-state index in [1.165, 1.54) is 25.3 Å². The van der Waals surface area contributed by atoms with Gasteiger partial charge in [-0.05, 0) is 19.1 Å². The highest BCUT2D eigenvalue weighted by Gasteiger charge is 2.20. The molecule has 0 radical (unpaired) electrons. The number of ether oxygens (including phenoxy) is 1. The van der Waals surface area contributed by atoms with Crippen LogP contribution in [0.1, 0.15) is 17.4 Å². The molecule has 4 N–H and O–H groups in total. The maximum atomic E-state index is 11.3. The molecule has 8 nitrogen and oxygen atoms in total. The number of aromatic carboxylic acids is 1. The van der Waals surface area contributed by atoms with E-state index in [0.29, 0.717) is 0 Å². The van der Waals surface area contributed by atoms with E-state index in [0.717, 1.165) is 0 Å². The van der Waals surface area contributed by atoms with Gasteiger partial charge in [0.25, 0.3) is 5.91 Å². The quantitative estimate of drug-likeness (QED) is 0.677. The highest BCUT2D eigenvalue weighted by molar-refractivity contribution is 5.96. The van der Waals surface area contributed by atoms with Gasteiger partial charge < -0.3 is 15.6 Å². The lowest BCUT2D eigenvalue weighted by Crippen LogP contribution is -2.42. The van der Waals surface area contributed by atoms with Crippen LogP contribution in [0.5, 0.6) is 5.75 Å². The van der Waals surface area contributed by atoms with Crippen LogP contribution in [0.4, 0.5) is 4.79 Å². The molecule has 3 amide bonds. The minimum absolute atomic E-state index is 0.0721. The van der Waals surface area contributed by atoms with E-state index in [2.05, 4.69) is 4.98 Å². The Morgan fingerprint density at radius 2 is 2.17 bits per heavy atom. The Labute approximate surface area is 102 Å². The number of pyridine rings is 1. The standard InChI is InChI=1S/C10H11N3O5/c1-5(8(14)13-10(11)17)18-6-3-2-4-12-7(6)9(15)16/h2-5H,1H3,(H,15,16)(H3,11,13,14,17). The zero-order chi connectivity index (χ0) is 13.7. The number of nitrogens with one attached hydrogen (secondary N) is 1. The Morgan fingerprint density at radius 1 is 1.50 bits per heavy atom. The van der Waals surface area contributed by atoms with E-state index in [9.17, 15) is 14.4 Å². The number of urea groups is 1. The fraction of sp³-hybridized carbons (Fsp3) is 0.200. The minimum atomic E-state index is -1.28. The van der Waals surface area contributed by atoms with E-state index in [-0.39, 0.29) is 11.4 Å². The largest absolute Gasteiger partial charge is 0.478 e. The van der Waals surface area contributed by atoms with E-state index >= 15 is 0 Å². The number of rotatable bonds is 4. The zero-order valence-corrected chi connectivity index (χ0v) is 9.41. The number of imide groups is 1. The Hall–Kier alpha value is -2.64. The number of nitrogens with two attached hydrogens (primary N) is 1. The molecular formula is C10H11N3O5. The molecule has 0 aliphatic rings. The number of carbonyl (C=O) groups is 3. The topological polar surface area (TPSA) is 132 Å². The molecule has 96 valence electrons. The Morgan fingerprint density at radius 3 is 2.72 bits per heavy atom. The number of carbonyl (C=O) groups excluding carboxylic acids is 2. The zero-order valence-electron chi connectivity index (χ0n) is 9.41. The van der Waals surface area contributed by atoms with Gasteiger partial charge in [0.1, 0.15) is 0 Å². The fourth-order valence-corrected chi connectivity index (χ4v) is 1.11. The average Bonchev–Trinajstić information content (AvgIpc) is 2.28. The summed E-state index contributed by atoms with van der Waals surface area (Å²) in [6.45, 7) is 1.34. The number of nitrogens with zero attached hydrogens (tertiary/aromatic N) is 1. The third-order valence-electron chi connectivity index (χ3n) is 1.89. The lowest BCUT2D eigenvalue weighted by atomic mass is 10.3. The predicted octanol–water partition coefficient (Wildman–Crippen LogP) is -0.258. The van der Waals surface area contributed by atoms with E-state index in [1.54, 1.807) is 0 Å². The summed E-state index contributed by atoms with van der Waals surface area (Å²) in [5, 5.41) is 10.7. The molecule has 1 heterocycles. The summed E-state index contributed by atoms with van der Waals surface area (Å²) >= 11 is 0. The molecule has 0 aromatic carbocycles. The lowest BCUT2D eigenvalue weighted by molar-refractivity contribution is -0.126. The molecule has 1 aromatic rings. The van der Waals surface area contributed by atoms with E-state index in [4.69, 9.17) is 15.6 Å². The summed E-state index contributed by atoms with van der Waals surface area (Å²) in [4.78, 5) is 36.2. The molecule has 18 heavy (non-hydrogen) atoms. The molecular weight excluding hydrogens is 242 g/mol. The molecule has 0 bridgehead atoms. The maximum Gasteiger partial charge on any atom is 0.358 e. The summed E-state index contributed by atoms with van der Waals surface area (Å²) in [7, 11) is 0. The molecule has 0 aliphatic heterocycles. The average molecular weight is 253 g/mol. The van der Waals surface area contributed by atoms with Crippen molar-refractivity contribution < 1.29 is 24.2 Å². The molecule has 1 atom stereocenters. The van der Waals surface area contributed by atoms with E-state index < -0.39 is 24.0 Å². The number of primary amides is 1. The molecule has 0 aliphatic carbocycles. The molecule has 0 spiro atoms. The third-order valence-corrected chi connectivity index (χ3v) is 1.89. The van der Waals surface area contributed by atoms with Crippen LogP contribution in [0, 0.1) is 0 Å². The SMILES string of the molecule is CC(Oc1cccnc1C(=O)O)C(=O)NC(N)=O. The van der Waals surface area contributed by atoms with Crippen LogP contribution in [0.2, 0.25) is 0 Å². The number of amides is 3. The highest BCUT2D eigenvalue weighted by atomic mass is 16.5. The normalized spacial score (nSPS) is 11.4. The molecule has 8 heteroatoms. The van der Waals surface area contributed by atoms with Gasteiger partial charge in [-0.1, -0.05) is 0 Å². The van der Waals surface area contributed by atoms with Crippen molar-refractivity contribution in [1.29, 1.82) is 0 Å². The van der Waals surface area contributed by atoms with Crippen molar-refractivity contribution in [2.45, 2.75) is 13.0 Å². The van der Waals surface area contributed by atoms with Crippen molar-refractivity contribution in [3.05, 3.63) is 24.0 Å². The van der Waals surface area contributed by atoms with Crippen molar-refractivity contribution in [3.63, 3.8) is 0 Å². The monoisotopic (exact) mass is 253 g/mol. The molecule has 0 fully saturated rings. The van der Waals surface area contributed by atoms with Crippen LogP contribution >= 0.6 is 0 Å². The summed E-state index contributed by atoms with van der Waals surface area (Å²) < 4.78 is 5.11. The van der Waals surface area contributed by atoms with Gasteiger partial charge in [-0.25, -0.2) is 14.6 Å². The van der Waals surface area contributed by atoms with Gasteiger partial charge in [-0.15, -0.1) is 0 Å². The summed E-state index contributed by atoms with van der Waals surface area (Å²) in [6.07, 6.45) is 0.199. The number of carboxylic acid groups (broad SMARTS) is 1. The first-order valence-corrected chi connectivity index (χ1v) is 4.87. The molecule has 1 rings (SSSR count). The second kappa shape index (κ2) is 5.62. The van der Waals surface area contributed by atoms with Gasteiger partial charge in [0.05, 0.1) is 0 Å². The molecule has 1 unspecified atom stereocenters. The second-order valence-corrected chi connectivity index (χ2v) is 3.27. The van der Waals surface area contributed by atoms with Crippen molar-refractivity contribution in [2.75, 3.05) is 0 Å². The Kier molecular flexibility index (Phi) is 4.19. The first-order valence-electron chi connectivity index (χ1n) is 4.87. The summed E-state index contributed by atoms with van der Waals surface area (Å²) in [6, 6.07) is 1.80. The predicted molar refractivity (Wildman–Crippen MR) is 59.0 cm³/mol. The minimum Gasteiger partial charge on any atom is -0.478 e. The smallest absolute Gasteiger partial charge is 0.358 e. The number of aromatic nitrogens is 1. The van der Waals surface area contributed by atoms with Crippen molar-refractivity contribution in [3.8, 4) is 5.75 Å². The van der Waals surface area contributed by atoms with Crippen LogP contribution in [-0.2, 0) is 4.79 Å². The third kappa shape index (κ3) is 3.44. The Bertz CT molecular complexity index is 488. The summed E-state index contributed by atoms with van der Waals surface area (Å²) in [5.74, 6) is -2.13. The molecule has 0 saturated carbocycles. The van der Waals surface area contributed by atoms with Gasteiger partial charge >= 0.3 is 12.0 Å². The van der Waals surface area contributed by atoms with Crippen LogP contribution in [0.15, 0.2) is 18.3 Å². The summed E-state index contributed by atoms with van der Waals surface area (Å²) in [5.41, 5.74) is 4.45. The lowest BCUT2D eigenvalue weighted by Gasteiger charge is -2.14. The number of hydrogen-bond acceptors (Lipinski definition) is 5. The number of carboxylic acids is 1. The van der Waals surface area contributed by atoms with Crippen molar-refractivity contribution in [1.82, 2.24) is 10.3 Å². The molecule has 0 saturated heterocycles. The second-order valence-electron chi connectivity index (χ2n) is 3.27. The first-order chi connectivity index (χ1) is 8.41. The van der Waals surface area contributed by atoms with Gasteiger partial charge in [0.2, 0.25) is 0 Å². The maximum absolute atomic E-state index is 11.3. The first kappa shape index (κ1) is 13.4. The van der Waals surface area contributed by atoms with Crippen LogP contribution in [0.3, 0.4) is 0 Å². The van der Waals surface area contributed by atoms with Crippen molar-refractivity contribution >= 4 is 17.9 Å². The highest BCUT2D eigenvalue weighted by Crippen LogP contribution is 2.16.